The molecule has 2 aromatic carbocycles. The Kier molecular flexibility index (Phi) is 6.64. The standard InChI is InChI=1S/C21H22F4N2OS2/c1-5-27(18(21(23,24)25)13-6-8-14(22)9-7-13)30-15-10-11-16-17(12-15)29-19(26-16)28-20(2,3)4/h6-12,18H,5H2,1-4H3. The molecule has 0 bridgehead atoms. The summed E-state index contributed by atoms with van der Waals surface area (Å²) in [4.78, 5) is 5.09. The number of hydrogen-bond donors (Lipinski definition) is 0. The molecule has 0 saturated heterocycles. The summed E-state index contributed by atoms with van der Waals surface area (Å²) in [6.45, 7) is 7.58. The first kappa shape index (κ1) is 22.8. The molecule has 3 rings (SSSR count). The highest BCUT2D eigenvalue weighted by molar-refractivity contribution is 7.97. The first-order valence-electron chi connectivity index (χ1n) is 9.32. The minimum Gasteiger partial charge on any atom is -0.464 e. The summed E-state index contributed by atoms with van der Waals surface area (Å²) < 4.78 is 62.8. The molecule has 0 aliphatic carbocycles. The summed E-state index contributed by atoms with van der Waals surface area (Å²) in [6, 6.07) is 7.93. The number of fused-ring (bicyclic) bond motifs is 1. The lowest BCUT2D eigenvalue weighted by Crippen LogP contribution is -2.34. The van der Waals surface area contributed by atoms with Crippen LogP contribution in [-0.2, 0) is 0 Å². The third-order valence-corrected chi connectivity index (χ3v) is 6.12. The van der Waals surface area contributed by atoms with Crippen LogP contribution in [0.1, 0.15) is 39.3 Å². The van der Waals surface area contributed by atoms with E-state index in [-0.39, 0.29) is 17.7 Å². The SMILES string of the molecule is CCN(Sc1ccc2nc(OC(C)(C)C)sc2c1)C(c1ccc(F)cc1)C(F)(F)F. The molecular formula is C21H22F4N2OS2. The van der Waals surface area contributed by atoms with Crippen LogP contribution in [0.2, 0.25) is 0 Å². The summed E-state index contributed by atoms with van der Waals surface area (Å²) in [6.07, 6.45) is -4.51. The highest BCUT2D eigenvalue weighted by Crippen LogP contribution is 2.43. The van der Waals surface area contributed by atoms with Crippen LogP contribution < -0.4 is 4.74 Å². The zero-order chi connectivity index (χ0) is 22.1. The number of halogens is 4. The van der Waals surface area contributed by atoms with E-state index in [0.29, 0.717) is 10.1 Å². The van der Waals surface area contributed by atoms with Crippen molar-refractivity contribution in [2.45, 2.75) is 50.4 Å². The Balaban J connectivity index is 1.89. The van der Waals surface area contributed by atoms with Crippen LogP contribution >= 0.6 is 23.3 Å². The van der Waals surface area contributed by atoms with Gasteiger partial charge in [-0.2, -0.15) is 13.2 Å². The second-order valence-electron chi connectivity index (χ2n) is 7.64. The van der Waals surface area contributed by atoms with E-state index in [4.69, 9.17) is 4.74 Å². The third-order valence-electron chi connectivity index (χ3n) is 4.05. The molecule has 0 aliphatic rings. The predicted octanol–water partition coefficient (Wildman–Crippen LogP) is 7.25. The average molecular weight is 459 g/mol. The number of benzene rings is 2. The van der Waals surface area contributed by atoms with Crippen molar-refractivity contribution >= 4 is 33.5 Å². The first-order valence-corrected chi connectivity index (χ1v) is 10.9. The number of nitrogens with zero attached hydrogens (tertiary/aromatic N) is 2. The molecule has 1 aromatic heterocycles. The zero-order valence-corrected chi connectivity index (χ0v) is 18.6. The minimum atomic E-state index is -4.51. The lowest BCUT2D eigenvalue weighted by Gasteiger charge is -2.31. The van der Waals surface area contributed by atoms with E-state index in [2.05, 4.69) is 4.98 Å². The predicted molar refractivity (Wildman–Crippen MR) is 113 cm³/mol. The summed E-state index contributed by atoms with van der Waals surface area (Å²) >= 11 is 2.37. The van der Waals surface area contributed by atoms with E-state index in [1.807, 2.05) is 26.8 Å². The second kappa shape index (κ2) is 8.72. The maximum absolute atomic E-state index is 13.9. The van der Waals surface area contributed by atoms with E-state index >= 15 is 0 Å². The Labute approximate surface area is 181 Å². The van der Waals surface area contributed by atoms with E-state index < -0.39 is 18.0 Å². The topological polar surface area (TPSA) is 25.4 Å². The fourth-order valence-electron chi connectivity index (χ4n) is 2.84. The van der Waals surface area contributed by atoms with Crippen molar-refractivity contribution in [2.24, 2.45) is 0 Å². The van der Waals surface area contributed by atoms with Crippen LogP contribution in [0.4, 0.5) is 17.6 Å². The van der Waals surface area contributed by atoms with Gasteiger partial charge in [0.15, 0.2) is 0 Å². The van der Waals surface area contributed by atoms with Crippen molar-refractivity contribution in [1.29, 1.82) is 0 Å². The van der Waals surface area contributed by atoms with E-state index in [1.54, 1.807) is 19.1 Å². The van der Waals surface area contributed by atoms with Gasteiger partial charge in [-0.1, -0.05) is 30.4 Å². The van der Waals surface area contributed by atoms with Gasteiger partial charge in [0.1, 0.15) is 17.5 Å². The van der Waals surface area contributed by atoms with Gasteiger partial charge in [0.2, 0.25) is 0 Å². The number of ether oxygens (including phenoxy) is 1. The van der Waals surface area contributed by atoms with Gasteiger partial charge in [-0.3, -0.25) is 0 Å². The highest BCUT2D eigenvalue weighted by Gasteiger charge is 2.44. The Morgan fingerprint density at radius 1 is 1.10 bits per heavy atom. The molecule has 9 heteroatoms. The van der Waals surface area contributed by atoms with Gasteiger partial charge < -0.3 is 4.74 Å². The fourth-order valence-corrected chi connectivity index (χ4v) is 4.99. The van der Waals surface area contributed by atoms with Crippen LogP contribution in [0, 0.1) is 5.82 Å². The molecule has 1 heterocycles. The molecule has 3 nitrogen and oxygen atoms in total. The lowest BCUT2D eigenvalue weighted by atomic mass is 10.1. The molecule has 1 unspecified atom stereocenters. The number of hydrogen-bond acceptors (Lipinski definition) is 5. The van der Waals surface area contributed by atoms with E-state index in [1.165, 1.54) is 27.8 Å². The largest absolute Gasteiger partial charge is 0.464 e. The van der Waals surface area contributed by atoms with Gasteiger partial charge >= 0.3 is 6.18 Å². The quantitative estimate of drug-likeness (QED) is 0.287. The average Bonchev–Trinajstić information content (AvgIpc) is 3.01. The van der Waals surface area contributed by atoms with Crippen molar-refractivity contribution < 1.29 is 22.3 Å². The van der Waals surface area contributed by atoms with Crippen molar-refractivity contribution in [3.63, 3.8) is 0 Å². The number of alkyl halides is 3. The monoisotopic (exact) mass is 458 g/mol. The molecule has 0 aliphatic heterocycles. The lowest BCUT2D eigenvalue weighted by molar-refractivity contribution is -0.172. The molecule has 1 atom stereocenters. The zero-order valence-electron chi connectivity index (χ0n) is 17.0. The Morgan fingerprint density at radius 2 is 1.77 bits per heavy atom. The van der Waals surface area contributed by atoms with Crippen molar-refractivity contribution in [2.75, 3.05) is 6.54 Å². The van der Waals surface area contributed by atoms with Crippen LogP contribution in [0.3, 0.4) is 0 Å². The Bertz CT molecular complexity index is 997. The van der Waals surface area contributed by atoms with Crippen molar-refractivity contribution in [1.82, 2.24) is 9.29 Å². The maximum Gasteiger partial charge on any atom is 0.408 e. The maximum atomic E-state index is 13.9. The molecular weight excluding hydrogens is 436 g/mol. The molecule has 0 amide bonds. The number of thiazole rings is 1. The normalized spacial score (nSPS) is 13.8. The van der Waals surface area contributed by atoms with Crippen molar-refractivity contribution in [3.05, 3.63) is 53.8 Å². The second-order valence-corrected chi connectivity index (χ2v) is 9.76. The minimum absolute atomic E-state index is 0.00187. The van der Waals surface area contributed by atoms with Gasteiger partial charge in [-0.05, 0) is 68.6 Å². The van der Waals surface area contributed by atoms with Gasteiger partial charge in [-0.25, -0.2) is 13.7 Å². The summed E-state index contributed by atoms with van der Waals surface area (Å²) in [7, 11) is 0. The summed E-state index contributed by atoms with van der Waals surface area (Å²) in [5.41, 5.74) is 0.343. The molecule has 162 valence electrons. The van der Waals surface area contributed by atoms with Crippen LogP contribution in [0.5, 0.6) is 5.19 Å². The molecule has 0 spiro atoms. The fraction of sp³-hybridized carbons (Fsp3) is 0.381. The smallest absolute Gasteiger partial charge is 0.408 e. The molecule has 3 aromatic rings. The van der Waals surface area contributed by atoms with E-state index in [0.717, 1.165) is 34.3 Å². The molecule has 0 N–H and O–H groups in total. The Morgan fingerprint density at radius 3 is 2.33 bits per heavy atom. The van der Waals surface area contributed by atoms with Crippen LogP contribution in [0.15, 0.2) is 47.4 Å². The van der Waals surface area contributed by atoms with Gasteiger partial charge in [0.05, 0.1) is 10.2 Å². The summed E-state index contributed by atoms with van der Waals surface area (Å²) in [5.74, 6) is -0.570. The van der Waals surface area contributed by atoms with Crippen LogP contribution in [0.25, 0.3) is 10.2 Å². The van der Waals surface area contributed by atoms with Gasteiger partial charge in [-0.15, -0.1) is 0 Å². The van der Waals surface area contributed by atoms with Crippen molar-refractivity contribution in [3.8, 4) is 5.19 Å². The summed E-state index contributed by atoms with van der Waals surface area (Å²) in [5, 5.41) is 0.520. The molecule has 0 radical (unpaired) electrons. The molecule has 0 saturated carbocycles. The van der Waals surface area contributed by atoms with Gasteiger partial charge in [0.25, 0.3) is 5.19 Å². The Hall–Kier alpha value is -1.84. The number of rotatable bonds is 6. The highest BCUT2D eigenvalue weighted by atomic mass is 32.2. The third kappa shape index (κ3) is 5.65. The first-order chi connectivity index (χ1) is 14.0. The van der Waals surface area contributed by atoms with E-state index in [9.17, 15) is 17.6 Å². The molecule has 30 heavy (non-hydrogen) atoms. The van der Waals surface area contributed by atoms with Gasteiger partial charge in [0, 0.05) is 11.4 Å². The molecule has 0 fully saturated rings. The number of aromatic nitrogens is 1. The van der Waals surface area contributed by atoms with Crippen LogP contribution in [-0.4, -0.2) is 27.6 Å².